The van der Waals surface area contributed by atoms with E-state index in [2.05, 4.69) is 16.6 Å². The van der Waals surface area contributed by atoms with Crippen molar-refractivity contribution in [2.45, 2.75) is 0 Å². The van der Waals surface area contributed by atoms with Crippen LogP contribution >= 0.6 is 0 Å². The number of methoxy groups -OCH3 is 1. The predicted octanol–water partition coefficient (Wildman–Crippen LogP) is 1.49. The van der Waals surface area contributed by atoms with Gasteiger partial charge in [-0.1, -0.05) is 5.92 Å². The first-order valence-electron chi connectivity index (χ1n) is 3.68. The lowest BCUT2D eigenvalue weighted by Gasteiger charge is -1.92. The van der Waals surface area contributed by atoms with Crippen LogP contribution in [0.25, 0.3) is 0 Å². The summed E-state index contributed by atoms with van der Waals surface area (Å²) in [4.78, 5) is 10.6. The molecule has 0 saturated heterocycles. The van der Waals surface area contributed by atoms with E-state index in [1.807, 2.05) is 0 Å². The maximum Gasteiger partial charge on any atom is 0.384 e. The van der Waals surface area contributed by atoms with E-state index < -0.39 is 17.6 Å². The summed E-state index contributed by atoms with van der Waals surface area (Å²) in [6.07, 6.45) is 0. The van der Waals surface area contributed by atoms with Crippen LogP contribution in [-0.4, -0.2) is 13.1 Å². The SMILES string of the molecule is COC(=O)C#Cc1ccc(F)c(F)c1. The van der Waals surface area contributed by atoms with Gasteiger partial charge in [0.25, 0.3) is 0 Å². The number of halogens is 2. The van der Waals surface area contributed by atoms with Crippen LogP contribution in [0.2, 0.25) is 0 Å². The maximum absolute atomic E-state index is 12.6. The molecule has 0 aliphatic rings. The molecule has 4 heteroatoms. The Morgan fingerprint density at radius 3 is 2.64 bits per heavy atom. The lowest BCUT2D eigenvalue weighted by molar-refractivity contribution is -0.133. The summed E-state index contributed by atoms with van der Waals surface area (Å²) in [6, 6.07) is 3.12. The van der Waals surface area contributed by atoms with E-state index in [4.69, 9.17) is 0 Å². The van der Waals surface area contributed by atoms with Gasteiger partial charge in [0.15, 0.2) is 11.6 Å². The fourth-order valence-corrected chi connectivity index (χ4v) is 0.748. The molecule has 0 aromatic heterocycles. The molecule has 0 heterocycles. The molecular weight excluding hydrogens is 190 g/mol. The van der Waals surface area contributed by atoms with E-state index in [0.717, 1.165) is 12.1 Å². The third-order valence-electron chi connectivity index (χ3n) is 1.41. The monoisotopic (exact) mass is 196 g/mol. The Morgan fingerprint density at radius 1 is 1.36 bits per heavy atom. The van der Waals surface area contributed by atoms with Gasteiger partial charge in [-0.05, 0) is 18.2 Å². The lowest BCUT2D eigenvalue weighted by Crippen LogP contribution is -1.94. The molecule has 0 unspecified atom stereocenters. The van der Waals surface area contributed by atoms with Crippen molar-refractivity contribution in [2.24, 2.45) is 0 Å². The molecule has 1 rings (SSSR count). The second-order valence-electron chi connectivity index (χ2n) is 2.37. The summed E-state index contributed by atoms with van der Waals surface area (Å²) in [5, 5.41) is 0. The van der Waals surface area contributed by atoms with E-state index in [1.165, 1.54) is 13.2 Å². The van der Waals surface area contributed by atoms with E-state index in [9.17, 15) is 13.6 Å². The van der Waals surface area contributed by atoms with E-state index >= 15 is 0 Å². The Kier molecular flexibility index (Phi) is 3.19. The Hall–Kier alpha value is -1.89. The fraction of sp³-hybridized carbons (Fsp3) is 0.100. The number of esters is 1. The van der Waals surface area contributed by atoms with Crippen LogP contribution in [0.1, 0.15) is 5.56 Å². The minimum absolute atomic E-state index is 0.217. The van der Waals surface area contributed by atoms with E-state index in [0.29, 0.717) is 0 Å². The van der Waals surface area contributed by atoms with Crippen molar-refractivity contribution >= 4 is 5.97 Å². The van der Waals surface area contributed by atoms with Gasteiger partial charge in [-0.15, -0.1) is 0 Å². The van der Waals surface area contributed by atoms with Crippen LogP contribution in [0.3, 0.4) is 0 Å². The van der Waals surface area contributed by atoms with Gasteiger partial charge in [0.2, 0.25) is 0 Å². The highest BCUT2D eigenvalue weighted by Crippen LogP contribution is 2.07. The topological polar surface area (TPSA) is 26.3 Å². The van der Waals surface area contributed by atoms with Gasteiger partial charge in [-0.3, -0.25) is 0 Å². The van der Waals surface area contributed by atoms with Crippen LogP contribution in [-0.2, 0) is 9.53 Å². The average molecular weight is 196 g/mol. The normalized spacial score (nSPS) is 8.79. The van der Waals surface area contributed by atoms with Crippen molar-refractivity contribution < 1.29 is 18.3 Å². The van der Waals surface area contributed by atoms with Crippen molar-refractivity contribution in [3.8, 4) is 11.8 Å². The first-order chi connectivity index (χ1) is 6.63. The summed E-state index contributed by atoms with van der Waals surface area (Å²) in [5.41, 5.74) is 0.217. The molecule has 0 bridgehead atoms. The van der Waals surface area contributed by atoms with Crippen molar-refractivity contribution in [2.75, 3.05) is 7.11 Å². The molecule has 0 amide bonds. The number of rotatable bonds is 0. The minimum atomic E-state index is -0.998. The molecule has 0 fully saturated rings. The van der Waals surface area contributed by atoms with Gasteiger partial charge in [-0.2, -0.15) is 0 Å². The highest BCUT2D eigenvalue weighted by Gasteiger charge is 2.00. The predicted molar refractivity (Wildman–Crippen MR) is 45.3 cm³/mol. The van der Waals surface area contributed by atoms with Crippen molar-refractivity contribution in [3.63, 3.8) is 0 Å². The van der Waals surface area contributed by atoms with Crippen molar-refractivity contribution in [1.29, 1.82) is 0 Å². The third kappa shape index (κ3) is 2.56. The van der Waals surface area contributed by atoms with Gasteiger partial charge >= 0.3 is 5.97 Å². The first kappa shape index (κ1) is 10.2. The molecule has 1 aromatic rings. The maximum atomic E-state index is 12.6. The number of hydrogen-bond acceptors (Lipinski definition) is 2. The quantitative estimate of drug-likeness (QED) is 0.464. The zero-order valence-electron chi connectivity index (χ0n) is 7.30. The summed E-state index contributed by atoms with van der Waals surface area (Å²) in [5.74, 6) is 1.75. The fourth-order valence-electron chi connectivity index (χ4n) is 0.748. The second-order valence-corrected chi connectivity index (χ2v) is 2.37. The Labute approximate surface area is 79.5 Å². The molecule has 0 spiro atoms. The van der Waals surface area contributed by atoms with Crippen LogP contribution in [0, 0.1) is 23.5 Å². The number of hydrogen-bond donors (Lipinski definition) is 0. The van der Waals surface area contributed by atoms with Crippen LogP contribution in [0.4, 0.5) is 8.78 Å². The van der Waals surface area contributed by atoms with E-state index in [1.54, 1.807) is 0 Å². The van der Waals surface area contributed by atoms with Crippen molar-refractivity contribution in [1.82, 2.24) is 0 Å². The number of ether oxygens (including phenoxy) is 1. The average Bonchev–Trinajstić information content (AvgIpc) is 2.19. The lowest BCUT2D eigenvalue weighted by atomic mass is 10.2. The molecule has 14 heavy (non-hydrogen) atoms. The van der Waals surface area contributed by atoms with Gasteiger partial charge < -0.3 is 4.74 Å². The van der Waals surface area contributed by atoms with Crippen LogP contribution < -0.4 is 0 Å². The first-order valence-corrected chi connectivity index (χ1v) is 3.68. The molecular formula is C10H6F2O2. The molecule has 0 radical (unpaired) electrons. The molecule has 72 valence electrons. The Morgan fingerprint density at radius 2 is 2.07 bits per heavy atom. The molecule has 0 saturated carbocycles. The molecule has 0 aliphatic carbocycles. The second kappa shape index (κ2) is 4.38. The zero-order chi connectivity index (χ0) is 10.6. The molecule has 1 aromatic carbocycles. The van der Waals surface area contributed by atoms with E-state index in [-0.39, 0.29) is 5.56 Å². The number of carbonyl (C=O) groups is 1. The Balaban J connectivity index is 2.91. The largest absolute Gasteiger partial charge is 0.459 e. The summed E-state index contributed by atoms with van der Waals surface area (Å²) in [7, 11) is 1.18. The van der Waals surface area contributed by atoms with Gasteiger partial charge in [-0.25, -0.2) is 13.6 Å². The molecule has 0 atom stereocenters. The van der Waals surface area contributed by atoms with Crippen LogP contribution in [0.5, 0.6) is 0 Å². The number of benzene rings is 1. The zero-order valence-corrected chi connectivity index (χ0v) is 7.30. The summed E-state index contributed by atoms with van der Waals surface area (Å²) in [6.45, 7) is 0. The smallest absolute Gasteiger partial charge is 0.384 e. The van der Waals surface area contributed by atoms with Crippen molar-refractivity contribution in [3.05, 3.63) is 35.4 Å². The van der Waals surface area contributed by atoms with Gasteiger partial charge in [0.05, 0.1) is 7.11 Å². The third-order valence-corrected chi connectivity index (χ3v) is 1.41. The highest BCUT2D eigenvalue weighted by atomic mass is 19.2. The summed E-state index contributed by atoms with van der Waals surface area (Å²) >= 11 is 0. The van der Waals surface area contributed by atoms with Gasteiger partial charge in [0.1, 0.15) is 0 Å². The number of carbonyl (C=O) groups excluding carboxylic acids is 1. The molecule has 0 N–H and O–H groups in total. The standard InChI is InChI=1S/C10H6F2O2/c1-14-10(13)5-3-7-2-4-8(11)9(12)6-7/h2,4,6H,1H3. The molecule has 2 nitrogen and oxygen atoms in total. The summed E-state index contributed by atoms with van der Waals surface area (Å²) < 4.78 is 29.3. The van der Waals surface area contributed by atoms with Crippen LogP contribution in [0.15, 0.2) is 18.2 Å². The van der Waals surface area contributed by atoms with Gasteiger partial charge in [0, 0.05) is 11.5 Å². The Bertz CT molecular complexity index is 416. The highest BCUT2D eigenvalue weighted by molar-refractivity contribution is 5.88. The minimum Gasteiger partial charge on any atom is -0.459 e. The molecule has 0 aliphatic heterocycles.